The number of hydrogen-bond acceptors (Lipinski definition) is 3. The molecule has 2 unspecified atom stereocenters. The van der Waals surface area contributed by atoms with Gasteiger partial charge in [0.05, 0.1) is 6.04 Å². The predicted molar refractivity (Wildman–Crippen MR) is 47.5 cm³/mol. The lowest BCUT2D eigenvalue weighted by Crippen LogP contribution is -2.44. The summed E-state index contributed by atoms with van der Waals surface area (Å²) in [4.78, 5) is 13.1. The van der Waals surface area contributed by atoms with Gasteiger partial charge in [-0.2, -0.15) is 11.8 Å². The van der Waals surface area contributed by atoms with Crippen molar-refractivity contribution in [1.29, 1.82) is 0 Å². The second-order valence-electron chi connectivity index (χ2n) is 2.94. The van der Waals surface area contributed by atoms with Crippen LogP contribution < -0.4 is 5.73 Å². The first-order chi connectivity index (χ1) is 5.13. The van der Waals surface area contributed by atoms with Crippen molar-refractivity contribution in [1.82, 2.24) is 4.90 Å². The number of thioether (sulfide) groups is 1. The lowest BCUT2D eigenvalue weighted by atomic mass is 10.2. The highest BCUT2D eigenvalue weighted by atomic mass is 32.2. The van der Waals surface area contributed by atoms with Crippen molar-refractivity contribution >= 4 is 17.7 Å². The van der Waals surface area contributed by atoms with Crippen LogP contribution in [0.4, 0.5) is 0 Å². The molecule has 64 valence electrons. The van der Waals surface area contributed by atoms with Gasteiger partial charge in [-0.25, -0.2) is 0 Å². The molecule has 1 heterocycles. The van der Waals surface area contributed by atoms with E-state index in [1.165, 1.54) is 0 Å². The smallest absolute Gasteiger partial charge is 0.240 e. The SMILES string of the molecule is CC1CSCC(N)C(=O)N1C. The first kappa shape index (κ1) is 8.87. The Labute approximate surface area is 71.3 Å². The standard InChI is InChI=1S/C7H14N2OS/c1-5-3-11-4-6(8)7(10)9(5)2/h5-6H,3-4,8H2,1-2H3. The van der Waals surface area contributed by atoms with E-state index in [-0.39, 0.29) is 11.9 Å². The van der Waals surface area contributed by atoms with Crippen LogP contribution in [0.1, 0.15) is 6.92 Å². The zero-order valence-corrected chi connectivity index (χ0v) is 7.73. The van der Waals surface area contributed by atoms with E-state index < -0.39 is 0 Å². The number of carbonyl (C=O) groups excluding carboxylic acids is 1. The van der Waals surface area contributed by atoms with Crippen LogP contribution in [0.5, 0.6) is 0 Å². The molecule has 2 N–H and O–H groups in total. The third-order valence-corrected chi connectivity index (χ3v) is 3.30. The van der Waals surface area contributed by atoms with Crippen molar-refractivity contribution in [3.63, 3.8) is 0 Å². The Morgan fingerprint density at radius 3 is 2.91 bits per heavy atom. The second-order valence-corrected chi connectivity index (χ2v) is 4.02. The molecule has 2 atom stereocenters. The number of carbonyl (C=O) groups is 1. The van der Waals surface area contributed by atoms with E-state index in [2.05, 4.69) is 0 Å². The van der Waals surface area contributed by atoms with Crippen molar-refractivity contribution < 1.29 is 4.79 Å². The lowest BCUT2D eigenvalue weighted by Gasteiger charge is -2.22. The van der Waals surface area contributed by atoms with Gasteiger partial charge < -0.3 is 10.6 Å². The van der Waals surface area contributed by atoms with Crippen molar-refractivity contribution in [3.05, 3.63) is 0 Å². The van der Waals surface area contributed by atoms with Gasteiger partial charge in [-0.05, 0) is 6.92 Å². The monoisotopic (exact) mass is 174 g/mol. The maximum absolute atomic E-state index is 11.3. The molecule has 0 spiro atoms. The van der Waals surface area contributed by atoms with E-state index in [0.717, 1.165) is 11.5 Å². The molecular formula is C7H14N2OS. The van der Waals surface area contributed by atoms with E-state index >= 15 is 0 Å². The highest BCUT2D eigenvalue weighted by molar-refractivity contribution is 7.99. The topological polar surface area (TPSA) is 46.3 Å². The lowest BCUT2D eigenvalue weighted by molar-refractivity contribution is -0.131. The summed E-state index contributed by atoms with van der Waals surface area (Å²) in [5, 5.41) is 0. The predicted octanol–water partition coefficient (Wildman–Crippen LogP) is -0.0926. The molecule has 0 radical (unpaired) electrons. The van der Waals surface area contributed by atoms with Crippen LogP contribution in [-0.4, -0.2) is 41.4 Å². The molecule has 1 fully saturated rings. The third-order valence-electron chi connectivity index (χ3n) is 1.98. The Morgan fingerprint density at radius 2 is 2.27 bits per heavy atom. The molecule has 1 saturated heterocycles. The number of amides is 1. The molecule has 4 heteroatoms. The van der Waals surface area contributed by atoms with Crippen molar-refractivity contribution in [3.8, 4) is 0 Å². The summed E-state index contributed by atoms with van der Waals surface area (Å²) in [6.45, 7) is 2.04. The molecule has 11 heavy (non-hydrogen) atoms. The minimum Gasteiger partial charge on any atom is -0.341 e. The van der Waals surface area contributed by atoms with Crippen LogP contribution in [0.2, 0.25) is 0 Å². The maximum Gasteiger partial charge on any atom is 0.240 e. The molecule has 1 rings (SSSR count). The van der Waals surface area contributed by atoms with Crippen molar-refractivity contribution in [2.45, 2.75) is 19.0 Å². The fourth-order valence-electron chi connectivity index (χ4n) is 1.03. The average Bonchev–Trinajstić information content (AvgIpc) is 2.07. The summed E-state index contributed by atoms with van der Waals surface area (Å²) in [5.41, 5.74) is 5.62. The van der Waals surface area contributed by atoms with Crippen molar-refractivity contribution in [2.75, 3.05) is 18.6 Å². The molecule has 0 aromatic heterocycles. The van der Waals surface area contributed by atoms with E-state index in [1.807, 2.05) is 14.0 Å². The van der Waals surface area contributed by atoms with Crippen LogP contribution in [0.25, 0.3) is 0 Å². The second kappa shape index (κ2) is 3.45. The maximum atomic E-state index is 11.3. The van der Waals surface area contributed by atoms with E-state index in [9.17, 15) is 4.79 Å². The summed E-state index contributed by atoms with van der Waals surface area (Å²) >= 11 is 1.75. The normalized spacial score (nSPS) is 33.7. The Kier molecular flexibility index (Phi) is 2.78. The summed E-state index contributed by atoms with van der Waals surface area (Å²) in [6.07, 6.45) is 0. The summed E-state index contributed by atoms with van der Waals surface area (Å²) in [5.74, 6) is 1.83. The number of hydrogen-bond donors (Lipinski definition) is 1. The molecule has 0 aromatic carbocycles. The van der Waals surface area contributed by atoms with Gasteiger partial charge >= 0.3 is 0 Å². The molecule has 0 saturated carbocycles. The van der Waals surface area contributed by atoms with E-state index in [0.29, 0.717) is 6.04 Å². The number of rotatable bonds is 0. The molecule has 1 aliphatic heterocycles. The molecule has 0 aliphatic carbocycles. The Morgan fingerprint density at radius 1 is 1.64 bits per heavy atom. The van der Waals surface area contributed by atoms with Crippen LogP contribution in [0.3, 0.4) is 0 Å². The van der Waals surface area contributed by atoms with Crippen LogP contribution in [0.15, 0.2) is 0 Å². The van der Waals surface area contributed by atoms with E-state index in [1.54, 1.807) is 16.7 Å². The van der Waals surface area contributed by atoms with Gasteiger partial charge in [-0.1, -0.05) is 0 Å². The molecule has 1 aliphatic rings. The largest absolute Gasteiger partial charge is 0.341 e. The number of likely N-dealkylation sites (N-methyl/N-ethyl adjacent to an activating group) is 1. The van der Waals surface area contributed by atoms with Gasteiger partial charge in [0.1, 0.15) is 0 Å². The molecular weight excluding hydrogens is 160 g/mol. The summed E-state index contributed by atoms with van der Waals surface area (Å²) < 4.78 is 0. The Balaban J connectivity index is 2.66. The zero-order valence-electron chi connectivity index (χ0n) is 6.91. The molecule has 0 aromatic rings. The first-order valence-corrected chi connectivity index (χ1v) is 4.88. The summed E-state index contributed by atoms with van der Waals surface area (Å²) in [6, 6.07) is 0.0241. The van der Waals surface area contributed by atoms with Gasteiger partial charge in [-0.3, -0.25) is 4.79 Å². The van der Waals surface area contributed by atoms with Crippen LogP contribution in [-0.2, 0) is 4.79 Å². The first-order valence-electron chi connectivity index (χ1n) is 3.73. The molecule has 3 nitrogen and oxygen atoms in total. The van der Waals surface area contributed by atoms with E-state index in [4.69, 9.17) is 5.73 Å². The minimum absolute atomic E-state index is 0.0718. The highest BCUT2D eigenvalue weighted by Crippen LogP contribution is 2.14. The van der Waals surface area contributed by atoms with Crippen LogP contribution in [0, 0.1) is 0 Å². The molecule has 0 bridgehead atoms. The fraction of sp³-hybridized carbons (Fsp3) is 0.857. The third kappa shape index (κ3) is 1.87. The van der Waals surface area contributed by atoms with Gasteiger partial charge in [-0.15, -0.1) is 0 Å². The van der Waals surface area contributed by atoms with Crippen molar-refractivity contribution in [2.24, 2.45) is 5.73 Å². The van der Waals surface area contributed by atoms with Gasteiger partial charge in [0, 0.05) is 24.6 Å². The highest BCUT2D eigenvalue weighted by Gasteiger charge is 2.25. The Bertz CT molecular complexity index is 163. The quantitative estimate of drug-likeness (QED) is 0.558. The average molecular weight is 174 g/mol. The zero-order chi connectivity index (χ0) is 8.43. The van der Waals surface area contributed by atoms with Crippen LogP contribution >= 0.6 is 11.8 Å². The van der Waals surface area contributed by atoms with Gasteiger partial charge in [0.15, 0.2) is 0 Å². The Hall–Kier alpha value is -0.220. The minimum atomic E-state index is -0.296. The fourth-order valence-corrected chi connectivity index (χ4v) is 2.12. The summed E-state index contributed by atoms with van der Waals surface area (Å²) in [7, 11) is 1.82. The van der Waals surface area contributed by atoms with Gasteiger partial charge in [0.2, 0.25) is 5.91 Å². The molecule has 1 amide bonds. The number of nitrogens with zero attached hydrogens (tertiary/aromatic N) is 1. The van der Waals surface area contributed by atoms with Gasteiger partial charge in [0.25, 0.3) is 0 Å². The number of nitrogens with two attached hydrogens (primary N) is 1.